The highest BCUT2D eigenvalue weighted by Crippen LogP contribution is 2.26. The normalized spacial score (nSPS) is 11.0. The first-order valence-electron chi connectivity index (χ1n) is 8.63. The van der Waals surface area contributed by atoms with E-state index in [9.17, 15) is 13.2 Å². The highest BCUT2D eigenvalue weighted by molar-refractivity contribution is 9.10. The van der Waals surface area contributed by atoms with Gasteiger partial charge in [-0.25, -0.2) is 8.42 Å². The van der Waals surface area contributed by atoms with E-state index in [-0.39, 0.29) is 10.5 Å². The summed E-state index contributed by atoms with van der Waals surface area (Å²) in [5.41, 5.74) is 2.15. The monoisotopic (exact) mass is 474 g/mol. The smallest absolute Gasteiger partial charge is 0.261 e. The van der Waals surface area contributed by atoms with Crippen molar-refractivity contribution in [3.05, 3.63) is 82.3 Å². The maximum absolute atomic E-state index is 12.8. The van der Waals surface area contributed by atoms with Gasteiger partial charge in [-0.15, -0.1) is 0 Å². The molecule has 6 nitrogen and oxygen atoms in total. The van der Waals surface area contributed by atoms with Crippen LogP contribution in [0.2, 0.25) is 0 Å². The fraction of sp³-hybridized carbons (Fsp3) is 0.0952. The summed E-state index contributed by atoms with van der Waals surface area (Å²) in [5.74, 6) is 0.258. The molecule has 0 saturated carbocycles. The van der Waals surface area contributed by atoms with Gasteiger partial charge >= 0.3 is 0 Å². The van der Waals surface area contributed by atoms with Crippen molar-refractivity contribution in [1.29, 1.82) is 0 Å². The van der Waals surface area contributed by atoms with E-state index in [4.69, 9.17) is 4.74 Å². The Balaban J connectivity index is 1.82. The van der Waals surface area contributed by atoms with Gasteiger partial charge in [0.2, 0.25) is 0 Å². The summed E-state index contributed by atoms with van der Waals surface area (Å²) in [6.07, 6.45) is 0. The third-order valence-corrected chi connectivity index (χ3v) is 6.18. The number of benzene rings is 3. The number of sulfonamides is 1. The Morgan fingerprint density at radius 1 is 1.00 bits per heavy atom. The number of hydrogen-bond donors (Lipinski definition) is 2. The molecular formula is C21H19BrN2O4S. The number of aryl methyl sites for hydroxylation is 1. The fourth-order valence-electron chi connectivity index (χ4n) is 2.60. The molecule has 3 aromatic carbocycles. The molecule has 0 saturated heterocycles. The van der Waals surface area contributed by atoms with Crippen LogP contribution in [-0.4, -0.2) is 21.4 Å². The summed E-state index contributed by atoms with van der Waals surface area (Å²) < 4.78 is 33.8. The van der Waals surface area contributed by atoms with Gasteiger partial charge in [0.25, 0.3) is 15.9 Å². The Kier molecular flexibility index (Phi) is 6.24. The van der Waals surface area contributed by atoms with Crippen LogP contribution in [-0.2, 0) is 10.0 Å². The van der Waals surface area contributed by atoms with Crippen molar-refractivity contribution >= 4 is 43.2 Å². The Morgan fingerprint density at radius 2 is 1.72 bits per heavy atom. The van der Waals surface area contributed by atoms with E-state index in [1.165, 1.54) is 18.2 Å². The number of nitrogens with one attached hydrogen (secondary N) is 2. The molecule has 0 heterocycles. The van der Waals surface area contributed by atoms with Gasteiger partial charge in [0.05, 0.1) is 17.7 Å². The zero-order valence-corrected chi connectivity index (χ0v) is 18.2. The van der Waals surface area contributed by atoms with Crippen LogP contribution in [0.5, 0.6) is 5.75 Å². The van der Waals surface area contributed by atoms with Crippen molar-refractivity contribution in [2.45, 2.75) is 11.8 Å². The van der Waals surface area contributed by atoms with Crippen LogP contribution in [0.15, 0.2) is 76.1 Å². The number of amides is 1. The molecule has 1 amide bonds. The van der Waals surface area contributed by atoms with Gasteiger partial charge in [-0.1, -0.05) is 12.1 Å². The number of methoxy groups -OCH3 is 1. The lowest BCUT2D eigenvalue weighted by Gasteiger charge is -2.12. The van der Waals surface area contributed by atoms with Crippen molar-refractivity contribution in [2.24, 2.45) is 0 Å². The minimum Gasteiger partial charge on any atom is -0.497 e. The van der Waals surface area contributed by atoms with Crippen molar-refractivity contribution < 1.29 is 17.9 Å². The van der Waals surface area contributed by atoms with Crippen LogP contribution >= 0.6 is 15.9 Å². The van der Waals surface area contributed by atoms with Gasteiger partial charge < -0.3 is 10.1 Å². The maximum atomic E-state index is 12.8. The Morgan fingerprint density at radius 3 is 2.41 bits per heavy atom. The number of halogens is 1. The van der Waals surface area contributed by atoms with Crippen LogP contribution in [0.4, 0.5) is 11.4 Å². The average molecular weight is 475 g/mol. The first-order chi connectivity index (χ1) is 13.8. The molecular weight excluding hydrogens is 456 g/mol. The second kappa shape index (κ2) is 8.67. The second-order valence-corrected chi connectivity index (χ2v) is 8.84. The minimum atomic E-state index is -3.87. The fourth-order valence-corrected chi connectivity index (χ4v) is 4.20. The molecule has 0 fully saturated rings. The van der Waals surface area contributed by atoms with Crippen LogP contribution in [0.1, 0.15) is 15.9 Å². The zero-order chi connectivity index (χ0) is 21.0. The van der Waals surface area contributed by atoms with Gasteiger partial charge in [-0.05, 0) is 83.0 Å². The third-order valence-electron chi connectivity index (χ3n) is 4.12. The van der Waals surface area contributed by atoms with Gasteiger partial charge in [0.1, 0.15) is 5.75 Å². The average Bonchev–Trinajstić information content (AvgIpc) is 2.71. The number of carbonyl (C=O) groups is 1. The topological polar surface area (TPSA) is 84.5 Å². The minimum absolute atomic E-state index is 0.00622. The van der Waals surface area contributed by atoms with Crippen molar-refractivity contribution in [3.8, 4) is 5.75 Å². The quantitative estimate of drug-likeness (QED) is 0.536. The highest BCUT2D eigenvalue weighted by atomic mass is 79.9. The lowest BCUT2D eigenvalue weighted by atomic mass is 10.2. The number of hydrogen-bond acceptors (Lipinski definition) is 4. The maximum Gasteiger partial charge on any atom is 0.261 e. The van der Waals surface area contributed by atoms with E-state index in [0.29, 0.717) is 21.6 Å². The van der Waals surface area contributed by atoms with Crippen LogP contribution in [0.25, 0.3) is 0 Å². The Hall–Kier alpha value is -2.84. The molecule has 3 aromatic rings. The van der Waals surface area contributed by atoms with E-state index >= 15 is 0 Å². The van der Waals surface area contributed by atoms with Crippen LogP contribution in [0.3, 0.4) is 0 Å². The largest absolute Gasteiger partial charge is 0.497 e. The molecule has 0 aliphatic rings. The molecule has 0 radical (unpaired) electrons. The molecule has 150 valence electrons. The lowest BCUT2D eigenvalue weighted by molar-refractivity contribution is 0.102. The van der Waals surface area contributed by atoms with E-state index in [1.807, 2.05) is 13.0 Å². The standard InChI is InChI=1S/C21H19BrN2O4S/c1-14-6-11-19(22)20(12-14)24-29(26,27)18-5-3-4-15(13-18)21(25)23-16-7-9-17(28-2)10-8-16/h3-13,24H,1-2H3,(H,23,25). The van der Waals surface area contributed by atoms with Crippen LogP contribution < -0.4 is 14.8 Å². The van der Waals surface area contributed by atoms with Gasteiger partial charge in [0.15, 0.2) is 0 Å². The molecule has 0 spiro atoms. The Bertz CT molecular complexity index is 1150. The summed E-state index contributed by atoms with van der Waals surface area (Å²) in [5, 5.41) is 2.74. The predicted molar refractivity (Wildman–Crippen MR) is 117 cm³/mol. The Labute approximate surface area is 178 Å². The summed E-state index contributed by atoms with van der Waals surface area (Å²) in [6, 6.07) is 18.1. The molecule has 0 bridgehead atoms. The van der Waals surface area contributed by atoms with E-state index in [2.05, 4.69) is 26.0 Å². The molecule has 2 N–H and O–H groups in total. The summed E-state index contributed by atoms with van der Waals surface area (Å²) in [4.78, 5) is 12.5. The third kappa shape index (κ3) is 5.16. The molecule has 0 aromatic heterocycles. The highest BCUT2D eigenvalue weighted by Gasteiger charge is 2.18. The number of carbonyl (C=O) groups excluding carboxylic acids is 1. The molecule has 0 aliphatic heterocycles. The second-order valence-electron chi connectivity index (χ2n) is 6.30. The van der Waals surface area contributed by atoms with E-state index in [1.54, 1.807) is 49.6 Å². The number of ether oxygens (including phenoxy) is 1. The van der Waals surface area contributed by atoms with Gasteiger partial charge in [-0.3, -0.25) is 9.52 Å². The number of rotatable bonds is 6. The molecule has 3 rings (SSSR count). The predicted octanol–water partition coefficient (Wildman–Crippen LogP) is 4.82. The van der Waals surface area contributed by atoms with Crippen LogP contribution in [0, 0.1) is 6.92 Å². The summed E-state index contributed by atoms with van der Waals surface area (Å²) in [7, 11) is -2.31. The zero-order valence-electron chi connectivity index (χ0n) is 15.8. The first kappa shape index (κ1) is 20.9. The molecule has 8 heteroatoms. The van der Waals surface area contributed by atoms with E-state index < -0.39 is 15.9 Å². The molecule has 0 unspecified atom stereocenters. The summed E-state index contributed by atoms with van der Waals surface area (Å²) >= 11 is 3.34. The van der Waals surface area contributed by atoms with Gasteiger partial charge in [0, 0.05) is 15.7 Å². The number of anilines is 2. The molecule has 0 atom stereocenters. The van der Waals surface area contributed by atoms with E-state index in [0.717, 1.165) is 5.56 Å². The molecule has 0 aliphatic carbocycles. The molecule has 29 heavy (non-hydrogen) atoms. The lowest BCUT2D eigenvalue weighted by Crippen LogP contribution is -2.16. The first-order valence-corrected chi connectivity index (χ1v) is 10.9. The van der Waals surface area contributed by atoms with Gasteiger partial charge in [-0.2, -0.15) is 0 Å². The van der Waals surface area contributed by atoms with Crippen molar-refractivity contribution in [2.75, 3.05) is 17.1 Å². The van der Waals surface area contributed by atoms with Crippen molar-refractivity contribution in [3.63, 3.8) is 0 Å². The SMILES string of the molecule is COc1ccc(NC(=O)c2cccc(S(=O)(=O)Nc3cc(C)ccc3Br)c2)cc1. The summed E-state index contributed by atoms with van der Waals surface area (Å²) in [6.45, 7) is 1.87. The van der Waals surface area contributed by atoms with Crippen molar-refractivity contribution in [1.82, 2.24) is 0 Å².